The molecule has 1 saturated carbocycles. The smallest absolute Gasteiger partial charge is 0.322 e. The lowest BCUT2D eigenvalue weighted by molar-refractivity contribution is -0.137. The topological polar surface area (TPSA) is 114 Å². The van der Waals surface area contributed by atoms with E-state index in [1.807, 2.05) is 0 Å². The van der Waals surface area contributed by atoms with Gasteiger partial charge in [-0.3, -0.25) is 9.69 Å². The van der Waals surface area contributed by atoms with Crippen LogP contribution in [0, 0.1) is 0 Å². The van der Waals surface area contributed by atoms with Crippen LogP contribution < -0.4 is 5.32 Å². The number of thiophene rings is 1. The predicted octanol–water partition coefficient (Wildman–Crippen LogP) is 1.61. The number of hydrogen-bond acceptors (Lipinski definition) is 10. The highest BCUT2D eigenvalue weighted by Crippen LogP contribution is 2.38. The largest absolute Gasteiger partial charge is 0.468 e. The van der Waals surface area contributed by atoms with Gasteiger partial charge in [-0.05, 0) is 37.7 Å². The zero-order valence-electron chi connectivity index (χ0n) is 19.4. The number of hydrogen-bond donors (Lipinski definition) is 1. The molecule has 3 aliphatic rings. The fraction of sp³-hybridized carbons (Fsp3) is 0.682. The second-order valence-electron chi connectivity index (χ2n) is 9.12. The predicted molar refractivity (Wildman–Crippen MR) is 129 cm³/mol. The summed E-state index contributed by atoms with van der Waals surface area (Å²) in [6.45, 7) is 4.26. The van der Waals surface area contributed by atoms with Gasteiger partial charge in [0.2, 0.25) is 10.0 Å². The Morgan fingerprint density at radius 2 is 1.97 bits per heavy atom. The van der Waals surface area contributed by atoms with Crippen LogP contribution in [0.4, 0.5) is 5.82 Å². The molecule has 4 heterocycles. The Morgan fingerprint density at radius 3 is 2.71 bits per heavy atom. The van der Waals surface area contributed by atoms with Crippen LogP contribution >= 0.6 is 11.3 Å². The van der Waals surface area contributed by atoms with Crippen molar-refractivity contribution in [2.75, 3.05) is 51.0 Å². The van der Waals surface area contributed by atoms with Gasteiger partial charge in [-0.2, -0.15) is 4.31 Å². The van der Waals surface area contributed by atoms with E-state index in [0.29, 0.717) is 25.0 Å². The molecule has 186 valence electrons. The summed E-state index contributed by atoms with van der Waals surface area (Å²) in [6, 6.07) is 0.948. The Balaban J connectivity index is 1.31. The average Bonchev–Trinajstić information content (AvgIpc) is 3.23. The van der Waals surface area contributed by atoms with Crippen LogP contribution in [0.1, 0.15) is 36.1 Å². The first-order chi connectivity index (χ1) is 16.4. The van der Waals surface area contributed by atoms with Crippen LogP contribution in [-0.2, 0) is 37.3 Å². The molecule has 1 N–H and O–H groups in total. The van der Waals surface area contributed by atoms with Gasteiger partial charge in [0, 0.05) is 43.1 Å². The van der Waals surface area contributed by atoms with Crippen molar-refractivity contribution in [1.29, 1.82) is 0 Å². The second-order valence-corrected chi connectivity index (χ2v) is 12.2. The van der Waals surface area contributed by atoms with Crippen molar-refractivity contribution in [2.24, 2.45) is 0 Å². The molecule has 0 radical (unpaired) electrons. The van der Waals surface area contributed by atoms with Gasteiger partial charge >= 0.3 is 5.97 Å². The first kappa shape index (κ1) is 23.9. The third-order valence-electron chi connectivity index (χ3n) is 7.11. The Morgan fingerprint density at radius 1 is 1.21 bits per heavy atom. The number of nitrogens with one attached hydrogen (secondary N) is 1. The maximum Gasteiger partial charge on any atom is 0.322 e. The fourth-order valence-electron chi connectivity index (χ4n) is 5.25. The number of nitrogens with zero attached hydrogens (tertiary/aromatic N) is 4. The zero-order valence-corrected chi connectivity index (χ0v) is 21.0. The minimum atomic E-state index is -3.75. The van der Waals surface area contributed by atoms with Gasteiger partial charge < -0.3 is 14.8 Å². The van der Waals surface area contributed by atoms with Crippen molar-refractivity contribution < 1.29 is 22.7 Å². The average molecular weight is 510 g/mol. The third kappa shape index (κ3) is 4.92. The van der Waals surface area contributed by atoms with E-state index in [1.165, 1.54) is 11.4 Å². The molecule has 2 aliphatic heterocycles. The van der Waals surface area contributed by atoms with Crippen LogP contribution in [0.15, 0.2) is 6.33 Å². The van der Waals surface area contributed by atoms with E-state index in [9.17, 15) is 13.2 Å². The second kappa shape index (κ2) is 10.0. The Kier molecular flexibility index (Phi) is 7.03. The number of carbonyl (C=O) groups excluding carboxylic acids is 1. The maximum atomic E-state index is 12.8. The van der Waals surface area contributed by atoms with Gasteiger partial charge in [0.1, 0.15) is 17.0 Å². The van der Waals surface area contributed by atoms with Crippen molar-refractivity contribution in [3.05, 3.63) is 16.8 Å². The number of anilines is 1. The van der Waals surface area contributed by atoms with Gasteiger partial charge in [-0.1, -0.05) is 0 Å². The molecular weight excluding hydrogens is 478 g/mol. The molecule has 0 amide bonds. The van der Waals surface area contributed by atoms with E-state index >= 15 is 0 Å². The van der Waals surface area contributed by atoms with Crippen LogP contribution in [0.2, 0.25) is 0 Å². The third-order valence-corrected chi connectivity index (χ3v) is 10.0. The summed E-state index contributed by atoms with van der Waals surface area (Å²) in [5, 5.41) is 4.56. The van der Waals surface area contributed by atoms with E-state index in [1.54, 1.807) is 17.7 Å². The number of carbonyl (C=O) groups is 1. The molecule has 1 saturated heterocycles. The first-order valence-electron chi connectivity index (χ1n) is 11.8. The fourth-order valence-corrected chi connectivity index (χ4v) is 7.69. The number of sulfonamides is 1. The van der Waals surface area contributed by atoms with Gasteiger partial charge in [0.25, 0.3) is 0 Å². The summed E-state index contributed by atoms with van der Waals surface area (Å²) in [5.74, 6) is -0.613. The van der Waals surface area contributed by atoms with Crippen molar-refractivity contribution in [3.63, 3.8) is 0 Å². The molecule has 2 aromatic rings. The highest BCUT2D eigenvalue weighted by molar-refractivity contribution is 7.89. The molecule has 5 rings (SSSR count). The zero-order chi connectivity index (χ0) is 23.7. The van der Waals surface area contributed by atoms with Crippen molar-refractivity contribution in [1.82, 2.24) is 19.2 Å². The molecule has 34 heavy (non-hydrogen) atoms. The SMILES string of the molecule is COC(=O)CS(=O)(=O)N1CCc2sc3ncnc(NC4CCC(N5CCOCC5)CC4)c3c2C1. The molecule has 0 bridgehead atoms. The summed E-state index contributed by atoms with van der Waals surface area (Å²) in [4.78, 5) is 25.2. The number of aromatic nitrogens is 2. The van der Waals surface area contributed by atoms with E-state index in [2.05, 4.69) is 24.9 Å². The highest BCUT2D eigenvalue weighted by atomic mass is 32.2. The molecule has 2 aromatic heterocycles. The number of methoxy groups -OCH3 is 1. The minimum absolute atomic E-state index is 0.223. The summed E-state index contributed by atoms with van der Waals surface area (Å²) in [7, 11) is -2.56. The maximum absolute atomic E-state index is 12.8. The van der Waals surface area contributed by atoms with Crippen LogP contribution in [-0.4, -0.2) is 91.4 Å². The van der Waals surface area contributed by atoms with E-state index in [-0.39, 0.29) is 6.54 Å². The molecule has 0 aromatic carbocycles. The lowest BCUT2D eigenvalue weighted by atomic mass is 9.90. The van der Waals surface area contributed by atoms with Crippen LogP contribution in [0.3, 0.4) is 0 Å². The van der Waals surface area contributed by atoms with Crippen molar-refractivity contribution in [2.45, 2.75) is 50.7 Å². The van der Waals surface area contributed by atoms with E-state index < -0.39 is 21.7 Å². The van der Waals surface area contributed by atoms with E-state index in [4.69, 9.17) is 4.74 Å². The van der Waals surface area contributed by atoms with Crippen LogP contribution in [0.5, 0.6) is 0 Å². The normalized spacial score (nSPS) is 24.6. The molecule has 2 fully saturated rings. The van der Waals surface area contributed by atoms with Gasteiger partial charge in [-0.15, -0.1) is 11.3 Å². The van der Waals surface area contributed by atoms with Crippen LogP contribution in [0.25, 0.3) is 10.2 Å². The minimum Gasteiger partial charge on any atom is -0.468 e. The number of rotatable bonds is 6. The number of morpholine rings is 1. The summed E-state index contributed by atoms with van der Waals surface area (Å²) >= 11 is 1.60. The van der Waals surface area contributed by atoms with Gasteiger partial charge in [0.05, 0.1) is 25.7 Å². The van der Waals surface area contributed by atoms with Crippen molar-refractivity contribution in [3.8, 4) is 0 Å². The molecule has 12 heteroatoms. The standard InChI is InChI=1S/C22H31N5O5S2/c1-31-19(28)13-34(29,30)27-7-6-18-17(12-27)20-21(23-14-24-22(20)33-18)25-15-2-4-16(5-3-15)26-8-10-32-11-9-26/h14-16H,2-13H2,1H3,(H,23,24,25). The molecule has 0 unspecified atom stereocenters. The molecule has 0 spiro atoms. The Labute approximate surface area is 203 Å². The Hall–Kier alpha value is -1.86. The lowest BCUT2D eigenvalue weighted by Gasteiger charge is -2.39. The Bertz CT molecular complexity index is 1140. The molecule has 10 nitrogen and oxygen atoms in total. The first-order valence-corrected chi connectivity index (χ1v) is 14.3. The molecule has 0 atom stereocenters. The highest BCUT2D eigenvalue weighted by Gasteiger charge is 2.33. The quantitative estimate of drug-likeness (QED) is 0.580. The van der Waals surface area contributed by atoms with Gasteiger partial charge in [0.15, 0.2) is 5.75 Å². The molecular formula is C22H31N5O5S2. The lowest BCUT2D eigenvalue weighted by Crippen LogP contribution is -2.46. The molecule has 1 aliphatic carbocycles. The summed E-state index contributed by atoms with van der Waals surface area (Å²) in [5.41, 5.74) is 0.949. The monoisotopic (exact) mass is 509 g/mol. The summed E-state index contributed by atoms with van der Waals surface area (Å²) < 4.78 is 36.9. The van der Waals surface area contributed by atoms with Crippen molar-refractivity contribution >= 4 is 43.4 Å². The number of esters is 1. The van der Waals surface area contributed by atoms with E-state index in [0.717, 1.165) is 78.5 Å². The summed E-state index contributed by atoms with van der Waals surface area (Å²) in [6.07, 6.45) is 6.61. The number of fused-ring (bicyclic) bond motifs is 3. The number of ether oxygens (including phenoxy) is 2. The van der Waals surface area contributed by atoms with Gasteiger partial charge in [-0.25, -0.2) is 18.4 Å².